The number of rotatable bonds is 5. The quantitative estimate of drug-likeness (QED) is 0.717. The van der Waals surface area contributed by atoms with Crippen molar-refractivity contribution in [2.45, 2.75) is 13.0 Å². The number of nitrogens with zero attached hydrogens (tertiary/aromatic N) is 3. The molecule has 6 nitrogen and oxygen atoms in total. The highest BCUT2D eigenvalue weighted by atomic mass is 16.1. The molecule has 2 aromatic rings. The SMILES string of the molecule is O=c1[nH]ccnc1NCCCn1cccn1. The van der Waals surface area contributed by atoms with Crippen LogP contribution >= 0.6 is 0 Å². The van der Waals surface area contributed by atoms with Crippen molar-refractivity contribution in [1.82, 2.24) is 19.7 Å². The third-order valence-corrected chi connectivity index (χ3v) is 2.12. The summed E-state index contributed by atoms with van der Waals surface area (Å²) in [5.41, 5.74) is -0.193. The average Bonchev–Trinajstić information content (AvgIpc) is 2.79. The van der Waals surface area contributed by atoms with Crippen LogP contribution < -0.4 is 10.9 Å². The minimum absolute atomic E-state index is 0.193. The lowest BCUT2D eigenvalue weighted by atomic mass is 10.4. The van der Waals surface area contributed by atoms with Crippen LogP contribution in [-0.2, 0) is 6.54 Å². The smallest absolute Gasteiger partial charge is 0.290 e. The Balaban J connectivity index is 1.76. The van der Waals surface area contributed by atoms with Crippen LogP contribution in [0.15, 0.2) is 35.6 Å². The van der Waals surface area contributed by atoms with Crippen molar-refractivity contribution >= 4 is 5.82 Å². The zero-order valence-electron chi connectivity index (χ0n) is 8.76. The minimum Gasteiger partial charge on any atom is -0.365 e. The van der Waals surface area contributed by atoms with Gasteiger partial charge in [-0.2, -0.15) is 5.10 Å². The number of anilines is 1. The fourth-order valence-corrected chi connectivity index (χ4v) is 1.36. The molecule has 2 heterocycles. The van der Waals surface area contributed by atoms with Crippen LogP contribution in [0.25, 0.3) is 0 Å². The molecule has 2 N–H and O–H groups in total. The van der Waals surface area contributed by atoms with E-state index in [0.717, 1.165) is 13.0 Å². The maximum Gasteiger partial charge on any atom is 0.290 e. The number of hydrogen-bond acceptors (Lipinski definition) is 4. The summed E-state index contributed by atoms with van der Waals surface area (Å²) in [5.74, 6) is 0.364. The molecule has 0 radical (unpaired) electrons. The summed E-state index contributed by atoms with van der Waals surface area (Å²) < 4.78 is 1.85. The van der Waals surface area contributed by atoms with Crippen LogP contribution in [0, 0.1) is 0 Å². The molecular weight excluding hydrogens is 206 g/mol. The molecule has 0 unspecified atom stereocenters. The molecule has 0 aliphatic heterocycles. The van der Waals surface area contributed by atoms with Crippen molar-refractivity contribution in [3.05, 3.63) is 41.2 Å². The molecule has 84 valence electrons. The summed E-state index contributed by atoms with van der Waals surface area (Å²) in [4.78, 5) is 17.7. The van der Waals surface area contributed by atoms with E-state index in [4.69, 9.17) is 0 Å². The molecule has 2 aromatic heterocycles. The summed E-state index contributed by atoms with van der Waals surface area (Å²) in [6.45, 7) is 1.52. The lowest BCUT2D eigenvalue weighted by Crippen LogP contribution is -2.17. The van der Waals surface area contributed by atoms with Crippen molar-refractivity contribution in [1.29, 1.82) is 0 Å². The van der Waals surface area contributed by atoms with Gasteiger partial charge in [0.25, 0.3) is 5.56 Å². The molecule has 0 aliphatic rings. The van der Waals surface area contributed by atoms with E-state index in [1.807, 2.05) is 16.9 Å². The molecule has 0 atom stereocenters. The molecule has 16 heavy (non-hydrogen) atoms. The Hall–Kier alpha value is -2.11. The van der Waals surface area contributed by atoms with E-state index in [-0.39, 0.29) is 5.56 Å². The standard InChI is InChI=1S/C10H13N5O/c16-10-9(12-5-6-13-10)11-3-1-7-15-8-2-4-14-15/h2,4-6,8H,1,3,7H2,(H,11,12)(H,13,16). The van der Waals surface area contributed by atoms with Crippen molar-refractivity contribution in [3.8, 4) is 0 Å². The molecule has 0 aliphatic carbocycles. The van der Waals surface area contributed by atoms with Crippen LogP contribution in [0.1, 0.15) is 6.42 Å². The summed E-state index contributed by atoms with van der Waals surface area (Å²) in [5, 5.41) is 7.06. The third kappa shape index (κ3) is 2.69. The van der Waals surface area contributed by atoms with E-state index in [1.54, 1.807) is 12.4 Å². The first kappa shape index (κ1) is 10.4. The van der Waals surface area contributed by atoms with Gasteiger partial charge < -0.3 is 10.3 Å². The van der Waals surface area contributed by atoms with Gasteiger partial charge in [0.05, 0.1) is 0 Å². The number of nitrogens with one attached hydrogen (secondary N) is 2. The molecule has 0 aromatic carbocycles. The van der Waals surface area contributed by atoms with Crippen LogP contribution in [0.2, 0.25) is 0 Å². The van der Waals surface area contributed by atoms with Gasteiger partial charge in [-0.05, 0) is 12.5 Å². The number of aromatic nitrogens is 4. The Morgan fingerprint density at radius 3 is 3.12 bits per heavy atom. The summed E-state index contributed by atoms with van der Waals surface area (Å²) in [6.07, 6.45) is 7.61. The average molecular weight is 219 g/mol. The van der Waals surface area contributed by atoms with Crippen LogP contribution in [0.3, 0.4) is 0 Å². The highest BCUT2D eigenvalue weighted by Gasteiger charge is 1.97. The zero-order valence-corrected chi connectivity index (χ0v) is 8.76. The zero-order chi connectivity index (χ0) is 11.2. The first-order valence-corrected chi connectivity index (χ1v) is 5.11. The van der Waals surface area contributed by atoms with E-state index in [1.165, 1.54) is 6.20 Å². The largest absolute Gasteiger partial charge is 0.365 e. The Morgan fingerprint density at radius 1 is 1.44 bits per heavy atom. The van der Waals surface area contributed by atoms with Crippen molar-refractivity contribution in [2.75, 3.05) is 11.9 Å². The molecule has 0 spiro atoms. The molecular formula is C10H13N5O. The van der Waals surface area contributed by atoms with Gasteiger partial charge in [0.1, 0.15) is 0 Å². The molecule has 0 amide bonds. The fourth-order valence-electron chi connectivity index (χ4n) is 1.36. The van der Waals surface area contributed by atoms with Gasteiger partial charge in [0.2, 0.25) is 0 Å². The second kappa shape index (κ2) is 5.11. The maximum absolute atomic E-state index is 11.2. The predicted molar refractivity (Wildman–Crippen MR) is 60.2 cm³/mol. The number of aryl methyl sites for hydroxylation is 1. The topological polar surface area (TPSA) is 75.6 Å². The summed E-state index contributed by atoms with van der Waals surface area (Å²) in [7, 11) is 0. The van der Waals surface area contributed by atoms with Crippen LogP contribution in [-0.4, -0.2) is 26.3 Å². The van der Waals surface area contributed by atoms with Crippen LogP contribution in [0.4, 0.5) is 5.82 Å². The van der Waals surface area contributed by atoms with Gasteiger partial charge in [-0.15, -0.1) is 0 Å². The fraction of sp³-hybridized carbons (Fsp3) is 0.300. The second-order valence-corrected chi connectivity index (χ2v) is 3.32. The van der Waals surface area contributed by atoms with E-state index in [0.29, 0.717) is 12.4 Å². The number of hydrogen-bond donors (Lipinski definition) is 2. The predicted octanol–water partition coefficient (Wildman–Crippen LogP) is 0.469. The van der Waals surface area contributed by atoms with Crippen molar-refractivity contribution in [2.24, 2.45) is 0 Å². The van der Waals surface area contributed by atoms with Gasteiger partial charge in [-0.25, -0.2) is 4.98 Å². The monoisotopic (exact) mass is 219 g/mol. The van der Waals surface area contributed by atoms with Crippen LogP contribution in [0.5, 0.6) is 0 Å². The van der Waals surface area contributed by atoms with E-state index in [9.17, 15) is 4.79 Å². The lowest BCUT2D eigenvalue weighted by Gasteiger charge is -2.04. The van der Waals surface area contributed by atoms with Gasteiger partial charge in [0.15, 0.2) is 5.82 Å². The summed E-state index contributed by atoms with van der Waals surface area (Å²) >= 11 is 0. The Morgan fingerprint density at radius 2 is 2.38 bits per heavy atom. The highest BCUT2D eigenvalue weighted by molar-refractivity contribution is 5.29. The number of aromatic amines is 1. The van der Waals surface area contributed by atoms with Crippen molar-refractivity contribution in [3.63, 3.8) is 0 Å². The third-order valence-electron chi connectivity index (χ3n) is 2.12. The normalized spacial score (nSPS) is 10.2. The van der Waals surface area contributed by atoms with Gasteiger partial charge in [-0.1, -0.05) is 0 Å². The maximum atomic E-state index is 11.2. The second-order valence-electron chi connectivity index (χ2n) is 3.32. The lowest BCUT2D eigenvalue weighted by molar-refractivity contribution is 0.591. The molecule has 0 saturated heterocycles. The minimum atomic E-state index is -0.193. The Bertz CT molecular complexity index is 476. The first-order valence-electron chi connectivity index (χ1n) is 5.11. The molecule has 0 fully saturated rings. The highest BCUT2D eigenvalue weighted by Crippen LogP contribution is 1.93. The van der Waals surface area contributed by atoms with E-state index < -0.39 is 0 Å². The first-order chi connectivity index (χ1) is 7.86. The molecule has 0 bridgehead atoms. The number of H-pyrrole nitrogens is 1. The van der Waals surface area contributed by atoms with Gasteiger partial charge >= 0.3 is 0 Å². The molecule has 6 heteroatoms. The van der Waals surface area contributed by atoms with E-state index >= 15 is 0 Å². The van der Waals surface area contributed by atoms with E-state index in [2.05, 4.69) is 20.4 Å². The summed E-state index contributed by atoms with van der Waals surface area (Å²) in [6, 6.07) is 1.89. The Kier molecular flexibility index (Phi) is 3.32. The van der Waals surface area contributed by atoms with Gasteiger partial charge in [0, 0.05) is 37.9 Å². The Labute approximate surface area is 92.3 Å². The van der Waals surface area contributed by atoms with Gasteiger partial charge in [-0.3, -0.25) is 9.48 Å². The van der Waals surface area contributed by atoms with Crippen molar-refractivity contribution < 1.29 is 0 Å². The molecule has 2 rings (SSSR count). The molecule has 0 saturated carbocycles.